The molecule has 0 saturated heterocycles. The van der Waals surface area contributed by atoms with Crippen LogP contribution in [0.15, 0.2) is 12.1 Å². The zero-order valence-electron chi connectivity index (χ0n) is 11.7. The number of nitrogens with one attached hydrogen (secondary N) is 1. The van der Waals surface area contributed by atoms with Gasteiger partial charge in [-0.2, -0.15) is 5.26 Å². The van der Waals surface area contributed by atoms with E-state index in [9.17, 15) is 4.79 Å². The Hall–Kier alpha value is -1.93. The number of amides is 1. The predicted molar refractivity (Wildman–Crippen MR) is 76.1 cm³/mol. The standard InChI is InChI=1S/C14H17ClN2O3/c1-4-9(2)17-13(18)8-20-14-11(15)5-10(7-16)6-12(14)19-3/h5-6,9H,4,8H2,1-3H3,(H,17,18)/t9-/m1/s1. The van der Waals surface area contributed by atoms with Crippen molar-refractivity contribution in [3.63, 3.8) is 0 Å². The first-order valence-corrected chi connectivity index (χ1v) is 6.59. The molecule has 5 nitrogen and oxygen atoms in total. The van der Waals surface area contributed by atoms with Crippen molar-refractivity contribution in [2.24, 2.45) is 0 Å². The predicted octanol–water partition coefficient (Wildman–Crippen LogP) is 2.51. The molecule has 0 bridgehead atoms. The average Bonchev–Trinajstić information content (AvgIpc) is 2.44. The zero-order valence-corrected chi connectivity index (χ0v) is 12.5. The Morgan fingerprint density at radius 3 is 2.80 bits per heavy atom. The summed E-state index contributed by atoms with van der Waals surface area (Å²) in [7, 11) is 1.44. The summed E-state index contributed by atoms with van der Waals surface area (Å²) in [5, 5.41) is 11.9. The van der Waals surface area contributed by atoms with Crippen LogP contribution in [-0.4, -0.2) is 25.7 Å². The molecule has 0 aliphatic rings. The van der Waals surface area contributed by atoms with Crippen LogP contribution < -0.4 is 14.8 Å². The molecule has 20 heavy (non-hydrogen) atoms. The second kappa shape index (κ2) is 7.61. The van der Waals surface area contributed by atoms with Gasteiger partial charge in [-0.15, -0.1) is 0 Å². The molecule has 1 aromatic carbocycles. The molecule has 1 N–H and O–H groups in total. The molecule has 0 aliphatic carbocycles. The Bertz CT molecular complexity index is 526. The van der Waals surface area contributed by atoms with Crippen molar-refractivity contribution in [1.29, 1.82) is 5.26 Å². The third kappa shape index (κ3) is 4.32. The number of ether oxygens (including phenoxy) is 2. The fourth-order valence-electron chi connectivity index (χ4n) is 1.48. The first-order chi connectivity index (χ1) is 9.51. The Morgan fingerprint density at radius 2 is 2.25 bits per heavy atom. The Labute approximate surface area is 123 Å². The van der Waals surface area contributed by atoms with Crippen LogP contribution in [0.5, 0.6) is 11.5 Å². The Balaban J connectivity index is 2.78. The summed E-state index contributed by atoms with van der Waals surface area (Å²) in [6.07, 6.45) is 0.840. The average molecular weight is 297 g/mol. The van der Waals surface area contributed by atoms with Gasteiger partial charge in [-0.25, -0.2) is 0 Å². The van der Waals surface area contributed by atoms with E-state index in [-0.39, 0.29) is 29.3 Å². The molecule has 1 amide bonds. The van der Waals surface area contributed by atoms with Crippen molar-refractivity contribution in [3.05, 3.63) is 22.7 Å². The fraction of sp³-hybridized carbons (Fsp3) is 0.429. The number of hydrogen-bond acceptors (Lipinski definition) is 4. The summed E-state index contributed by atoms with van der Waals surface area (Å²) in [5.41, 5.74) is 0.364. The number of halogens is 1. The number of benzene rings is 1. The van der Waals surface area contributed by atoms with Crippen molar-refractivity contribution in [1.82, 2.24) is 5.32 Å². The highest BCUT2D eigenvalue weighted by molar-refractivity contribution is 6.32. The molecule has 0 unspecified atom stereocenters. The van der Waals surface area contributed by atoms with Crippen LogP contribution in [0.4, 0.5) is 0 Å². The van der Waals surface area contributed by atoms with E-state index in [2.05, 4.69) is 5.32 Å². The molecule has 0 aliphatic heterocycles. The van der Waals surface area contributed by atoms with Crippen LogP contribution >= 0.6 is 11.6 Å². The number of nitriles is 1. The maximum atomic E-state index is 11.6. The second-order valence-electron chi connectivity index (χ2n) is 4.27. The lowest BCUT2D eigenvalue weighted by Crippen LogP contribution is -2.35. The molecular weight excluding hydrogens is 280 g/mol. The van der Waals surface area contributed by atoms with Gasteiger partial charge in [0.05, 0.1) is 23.8 Å². The van der Waals surface area contributed by atoms with Gasteiger partial charge >= 0.3 is 0 Å². The Morgan fingerprint density at radius 1 is 1.55 bits per heavy atom. The molecule has 1 atom stereocenters. The SMILES string of the molecule is CC[C@@H](C)NC(=O)COc1c(Cl)cc(C#N)cc1OC. The first-order valence-electron chi connectivity index (χ1n) is 6.21. The summed E-state index contributed by atoms with van der Waals surface area (Å²) >= 11 is 6.02. The lowest BCUT2D eigenvalue weighted by Gasteiger charge is -2.14. The maximum Gasteiger partial charge on any atom is 0.258 e. The molecule has 1 aromatic rings. The number of carbonyl (C=O) groups excluding carboxylic acids is 1. The van der Waals surface area contributed by atoms with E-state index in [1.807, 2.05) is 19.9 Å². The fourth-order valence-corrected chi connectivity index (χ4v) is 1.75. The minimum atomic E-state index is -0.234. The van der Waals surface area contributed by atoms with Gasteiger partial charge < -0.3 is 14.8 Å². The number of methoxy groups -OCH3 is 1. The normalized spacial score (nSPS) is 11.3. The van der Waals surface area contributed by atoms with E-state index in [4.69, 9.17) is 26.3 Å². The molecule has 0 radical (unpaired) electrons. The number of carbonyl (C=O) groups is 1. The van der Waals surface area contributed by atoms with Crippen LogP contribution in [-0.2, 0) is 4.79 Å². The van der Waals surface area contributed by atoms with Gasteiger partial charge in [0, 0.05) is 12.1 Å². The van der Waals surface area contributed by atoms with Crippen molar-refractivity contribution in [2.75, 3.05) is 13.7 Å². The minimum absolute atomic E-state index is 0.0874. The van der Waals surface area contributed by atoms with E-state index in [0.29, 0.717) is 11.3 Å². The van der Waals surface area contributed by atoms with Gasteiger partial charge in [0.15, 0.2) is 18.1 Å². The van der Waals surface area contributed by atoms with E-state index in [1.54, 1.807) is 0 Å². The monoisotopic (exact) mass is 296 g/mol. The Kier molecular flexibility index (Phi) is 6.13. The first kappa shape index (κ1) is 16.1. The largest absolute Gasteiger partial charge is 0.493 e. The van der Waals surface area contributed by atoms with Crippen LogP contribution in [0, 0.1) is 11.3 Å². The number of rotatable bonds is 6. The highest BCUT2D eigenvalue weighted by Crippen LogP contribution is 2.36. The van der Waals surface area contributed by atoms with Crippen molar-refractivity contribution < 1.29 is 14.3 Å². The summed E-state index contributed by atoms with van der Waals surface area (Å²) in [6.45, 7) is 3.73. The van der Waals surface area contributed by atoms with Gasteiger partial charge in [-0.05, 0) is 19.4 Å². The van der Waals surface area contributed by atoms with E-state index in [1.165, 1.54) is 19.2 Å². The second-order valence-corrected chi connectivity index (χ2v) is 4.67. The van der Waals surface area contributed by atoms with Gasteiger partial charge in [-0.1, -0.05) is 18.5 Å². The smallest absolute Gasteiger partial charge is 0.258 e. The summed E-state index contributed by atoms with van der Waals surface area (Å²) in [6, 6.07) is 5.03. The molecule has 108 valence electrons. The summed E-state index contributed by atoms with van der Waals surface area (Å²) in [4.78, 5) is 11.6. The lowest BCUT2D eigenvalue weighted by atomic mass is 10.2. The third-order valence-corrected chi connectivity index (χ3v) is 3.01. The van der Waals surface area contributed by atoms with Gasteiger partial charge in [0.2, 0.25) is 0 Å². The number of nitrogens with zero attached hydrogens (tertiary/aromatic N) is 1. The molecule has 0 heterocycles. The van der Waals surface area contributed by atoms with Crippen molar-refractivity contribution >= 4 is 17.5 Å². The molecule has 1 rings (SSSR count). The number of hydrogen-bond donors (Lipinski definition) is 1. The highest BCUT2D eigenvalue weighted by Gasteiger charge is 2.14. The van der Waals surface area contributed by atoms with Crippen molar-refractivity contribution in [3.8, 4) is 17.6 Å². The maximum absolute atomic E-state index is 11.6. The van der Waals surface area contributed by atoms with Crippen LogP contribution in [0.2, 0.25) is 5.02 Å². The molecule has 6 heteroatoms. The highest BCUT2D eigenvalue weighted by atomic mass is 35.5. The topological polar surface area (TPSA) is 71.3 Å². The molecule has 0 fully saturated rings. The minimum Gasteiger partial charge on any atom is -0.493 e. The molecule has 0 saturated carbocycles. The van der Waals surface area contributed by atoms with Gasteiger partial charge in [-0.3, -0.25) is 4.79 Å². The van der Waals surface area contributed by atoms with Gasteiger partial charge in [0.1, 0.15) is 0 Å². The zero-order chi connectivity index (χ0) is 15.1. The van der Waals surface area contributed by atoms with E-state index < -0.39 is 0 Å². The van der Waals surface area contributed by atoms with Crippen molar-refractivity contribution in [2.45, 2.75) is 26.3 Å². The molecular formula is C14H17ClN2O3. The van der Waals surface area contributed by atoms with Crippen LogP contribution in [0.3, 0.4) is 0 Å². The van der Waals surface area contributed by atoms with E-state index >= 15 is 0 Å². The van der Waals surface area contributed by atoms with Crippen LogP contribution in [0.25, 0.3) is 0 Å². The quantitative estimate of drug-likeness (QED) is 0.875. The summed E-state index contributed by atoms with van der Waals surface area (Å²) < 4.78 is 10.5. The summed E-state index contributed by atoms with van der Waals surface area (Å²) in [5.74, 6) is 0.347. The lowest BCUT2D eigenvalue weighted by molar-refractivity contribution is -0.123. The van der Waals surface area contributed by atoms with Crippen LogP contribution in [0.1, 0.15) is 25.8 Å². The molecule has 0 spiro atoms. The van der Waals surface area contributed by atoms with Gasteiger partial charge in [0.25, 0.3) is 5.91 Å². The van der Waals surface area contributed by atoms with E-state index in [0.717, 1.165) is 6.42 Å². The molecule has 0 aromatic heterocycles. The third-order valence-electron chi connectivity index (χ3n) is 2.73.